The lowest BCUT2D eigenvalue weighted by atomic mass is 9.77. The molecule has 0 radical (unpaired) electrons. The number of amides is 1. The van der Waals surface area contributed by atoms with Crippen molar-refractivity contribution in [3.8, 4) is 5.88 Å². The molecular weight excluding hydrogens is 371 g/mol. The average molecular weight is 404 g/mol. The van der Waals surface area contributed by atoms with Crippen LogP contribution in [0.3, 0.4) is 0 Å². The summed E-state index contributed by atoms with van der Waals surface area (Å²) in [5.41, 5.74) is 0.984. The van der Waals surface area contributed by atoms with Crippen molar-refractivity contribution in [3.63, 3.8) is 0 Å². The standard InChI is InChI=1S/C21H33BN2O5/c1-14-10-15(12-23-17(14)26-9)11-16(13-24-18(25)27-19(2,3)4)22-28-20(5,6)21(7,8)29-22/h10-12H,13H2,1-9H3,(H,24,25). The first-order valence-electron chi connectivity index (χ1n) is 9.78. The fraction of sp³-hybridized carbons (Fsp3) is 0.619. The van der Waals surface area contributed by atoms with Crippen LogP contribution in [0.5, 0.6) is 5.88 Å². The Morgan fingerprint density at radius 1 is 1.24 bits per heavy atom. The first-order chi connectivity index (χ1) is 13.2. The molecule has 1 aliphatic heterocycles. The van der Waals surface area contributed by atoms with Gasteiger partial charge in [-0.1, -0.05) is 6.08 Å². The Bertz CT molecular complexity index is 768. The number of ether oxygens (including phenoxy) is 2. The molecule has 1 fully saturated rings. The Labute approximate surface area is 174 Å². The number of aryl methyl sites for hydroxylation is 1. The summed E-state index contributed by atoms with van der Waals surface area (Å²) in [4.78, 5) is 16.5. The van der Waals surface area contributed by atoms with Gasteiger partial charge in [0, 0.05) is 18.3 Å². The van der Waals surface area contributed by atoms with Crippen molar-refractivity contribution in [1.82, 2.24) is 10.3 Å². The van der Waals surface area contributed by atoms with Crippen molar-refractivity contribution < 1.29 is 23.6 Å². The Balaban J connectivity index is 2.28. The van der Waals surface area contributed by atoms with Crippen LogP contribution in [-0.2, 0) is 14.0 Å². The van der Waals surface area contributed by atoms with E-state index in [0.29, 0.717) is 5.88 Å². The minimum atomic E-state index is -0.600. The second-order valence-electron chi connectivity index (χ2n) is 9.26. The molecule has 29 heavy (non-hydrogen) atoms. The summed E-state index contributed by atoms with van der Waals surface area (Å²) in [5.74, 6) is 0.575. The minimum Gasteiger partial charge on any atom is -0.481 e. The Kier molecular flexibility index (Phi) is 6.70. The van der Waals surface area contributed by atoms with E-state index in [-0.39, 0.29) is 6.54 Å². The number of pyridine rings is 1. The lowest BCUT2D eigenvalue weighted by molar-refractivity contribution is 0.00578. The van der Waals surface area contributed by atoms with Gasteiger partial charge in [0.05, 0.1) is 18.3 Å². The maximum Gasteiger partial charge on any atom is 0.492 e. The first kappa shape index (κ1) is 23.2. The third-order valence-electron chi connectivity index (χ3n) is 4.99. The molecule has 1 saturated heterocycles. The van der Waals surface area contributed by atoms with Gasteiger partial charge in [0.15, 0.2) is 0 Å². The summed E-state index contributed by atoms with van der Waals surface area (Å²) in [6, 6.07) is 1.96. The maximum absolute atomic E-state index is 12.2. The van der Waals surface area contributed by atoms with Crippen LogP contribution >= 0.6 is 0 Å². The van der Waals surface area contributed by atoms with Crippen LogP contribution in [0.1, 0.15) is 59.6 Å². The molecule has 0 unspecified atom stereocenters. The molecule has 0 bridgehead atoms. The van der Waals surface area contributed by atoms with Gasteiger partial charge in [0.2, 0.25) is 5.88 Å². The SMILES string of the molecule is COc1ncc(C=C(CNC(=O)OC(C)(C)C)B2OC(C)(C)C(C)(C)O2)cc1C. The summed E-state index contributed by atoms with van der Waals surface area (Å²) >= 11 is 0. The van der Waals surface area contributed by atoms with Gasteiger partial charge >= 0.3 is 13.2 Å². The van der Waals surface area contributed by atoms with Crippen LogP contribution in [0.25, 0.3) is 6.08 Å². The normalized spacial score (nSPS) is 18.5. The van der Waals surface area contributed by atoms with E-state index < -0.39 is 30.0 Å². The minimum absolute atomic E-state index is 0.219. The summed E-state index contributed by atoms with van der Waals surface area (Å²) < 4.78 is 22.9. The fourth-order valence-corrected chi connectivity index (χ4v) is 2.78. The maximum atomic E-state index is 12.2. The molecule has 1 N–H and O–H groups in total. The molecule has 0 atom stereocenters. The second-order valence-corrected chi connectivity index (χ2v) is 9.26. The van der Waals surface area contributed by atoms with Crippen LogP contribution in [0.2, 0.25) is 0 Å². The van der Waals surface area contributed by atoms with E-state index >= 15 is 0 Å². The molecule has 2 rings (SSSR count). The zero-order valence-corrected chi connectivity index (χ0v) is 19.0. The molecule has 8 heteroatoms. The number of hydrogen-bond donors (Lipinski definition) is 1. The van der Waals surface area contributed by atoms with Gasteiger partial charge in [-0.15, -0.1) is 0 Å². The highest BCUT2D eigenvalue weighted by Crippen LogP contribution is 2.38. The Hall–Kier alpha value is -2.06. The summed E-state index contributed by atoms with van der Waals surface area (Å²) in [6.07, 6.45) is 3.13. The van der Waals surface area contributed by atoms with Crippen molar-refractivity contribution in [1.29, 1.82) is 0 Å². The van der Waals surface area contributed by atoms with E-state index in [1.54, 1.807) is 13.3 Å². The van der Waals surface area contributed by atoms with E-state index in [9.17, 15) is 4.79 Å². The summed E-state index contributed by atoms with van der Waals surface area (Å²) in [5, 5.41) is 2.79. The van der Waals surface area contributed by atoms with Gasteiger partial charge in [-0.2, -0.15) is 0 Å². The predicted octanol–water partition coefficient (Wildman–Crippen LogP) is 3.94. The predicted molar refractivity (Wildman–Crippen MR) is 114 cm³/mol. The number of methoxy groups -OCH3 is 1. The lowest BCUT2D eigenvalue weighted by Gasteiger charge is -2.32. The third-order valence-corrected chi connectivity index (χ3v) is 4.99. The Morgan fingerprint density at radius 2 is 1.83 bits per heavy atom. The number of nitrogens with zero attached hydrogens (tertiary/aromatic N) is 1. The third kappa shape index (κ3) is 5.96. The van der Waals surface area contributed by atoms with Crippen LogP contribution < -0.4 is 10.1 Å². The van der Waals surface area contributed by atoms with Crippen LogP contribution in [0.15, 0.2) is 17.7 Å². The highest BCUT2D eigenvalue weighted by atomic mass is 16.7. The molecule has 0 saturated carbocycles. The molecule has 1 aromatic rings. The molecule has 1 amide bonds. The molecule has 1 aromatic heterocycles. The quantitative estimate of drug-likeness (QED) is 0.749. The number of alkyl carbamates (subject to hydrolysis) is 1. The van der Waals surface area contributed by atoms with E-state index in [1.807, 2.05) is 67.5 Å². The lowest BCUT2D eigenvalue weighted by Crippen LogP contribution is -2.41. The van der Waals surface area contributed by atoms with Crippen molar-refractivity contribution in [2.45, 2.75) is 72.2 Å². The van der Waals surface area contributed by atoms with Gasteiger partial charge in [-0.25, -0.2) is 9.78 Å². The smallest absolute Gasteiger partial charge is 0.481 e. The van der Waals surface area contributed by atoms with E-state index in [2.05, 4.69) is 10.3 Å². The number of hydrogen-bond acceptors (Lipinski definition) is 6. The number of nitrogens with one attached hydrogen (secondary N) is 1. The van der Waals surface area contributed by atoms with Gasteiger partial charge in [-0.3, -0.25) is 0 Å². The van der Waals surface area contributed by atoms with Crippen LogP contribution in [0.4, 0.5) is 4.79 Å². The topological polar surface area (TPSA) is 78.9 Å². The molecule has 0 aromatic carbocycles. The highest BCUT2D eigenvalue weighted by molar-refractivity contribution is 6.56. The van der Waals surface area contributed by atoms with Crippen molar-refractivity contribution in [2.24, 2.45) is 0 Å². The van der Waals surface area contributed by atoms with Gasteiger partial charge < -0.3 is 24.1 Å². The van der Waals surface area contributed by atoms with E-state index in [1.165, 1.54) is 0 Å². The van der Waals surface area contributed by atoms with E-state index in [0.717, 1.165) is 16.6 Å². The number of aromatic nitrogens is 1. The fourth-order valence-electron chi connectivity index (χ4n) is 2.78. The molecule has 0 spiro atoms. The molecule has 1 aliphatic rings. The Morgan fingerprint density at radius 3 is 2.31 bits per heavy atom. The van der Waals surface area contributed by atoms with Crippen LogP contribution in [0, 0.1) is 6.92 Å². The molecular formula is C21H33BN2O5. The number of carbonyl (C=O) groups excluding carboxylic acids is 1. The highest BCUT2D eigenvalue weighted by Gasteiger charge is 2.52. The molecule has 160 valence electrons. The number of carbonyl (C=O) groups is 1. The monoisotopic (exact) mass is 404 g/mol. The van der Waals surface area contributed by atoms with Crippen molar-refractivity contribution in [2.75, 3.05) is 13.7 Å². The first-order valence-corrected chi connectivity index (χ1v) is 9.78. The molecule has 2 heterocycles. The zero-order chi connectivity index (χ0) is 22.0. The second kappa shape index (κ2) is 8.36. The van der Waals surface area contributed by atoms with Gasteiger partial charge in [-0.05, 0) is 72.5 Å². The summed E-state index contributed by atoms with van der Waals surface area (Å²) in [7, 11) is 0.989. The number of rotatable bonds is 5. The average Bonchev–Trinajstić information content (AvgIpc) is 2.77. The largest absolute Gasteiger partial charge is 0.492 e. The van der Waals surface area contributed by atoms with Crippen LogP contribution in [-0.4, -0.2) is 48.7 Å². The molecule has 7 nitrogen and oxygen atoms in total. The van der Waals surface area contributed by atoms with Gasteiger partial charge in [0.25, 0.3) is 0 Å². The van der Waals surface area contributed by atoms with E-state index in [4.69, 9.17) is 18.8 Å². The zero-order valence-electron chi connectivity index (χ0n) is 19.0. The van der Waals surface area contributed by atoms with Crippen molar-refractivity contribution >= 4 is 19.3 Å². The molecule has 0 aliphatic carbocycles. The van der Waals surface area contributed by atoms with Crippen molar-refractivity contribution in [3.05, 3.63) is 28.9 Å². The summed E-state index contributed by atoms with van der Waals surface area (Å²) in [6.45, 7) is 15.6. The van der Waals surface area contributed by atoms with Gasteiger partial charge in [0.1, 0.15) is 5.60 Å².